The van der Waals surface area contributed by atoms with Crippen molar-refractivity contribution in [1.82, 2.24) is 10.2 Å². The lowest BCUT2D eigenvalue weighted by Gasteiger charge is -2.03. The summed E-state index contributed by atoms with van der Waals surface area (Å²) in [4.78, 5) is 11.7. The molecule has 0 saturated heterocycles. The summed E-state index contributed by atoms with van der Waals surface area (Å²) in [7, 11) is 0. The Morgan fingerprint density at radius 3 is 2.94 bits per heavy atom. The third kappa shape index (κ3) is 2.60. The Kier molecular flexibility index (Phi) is 3.57. The van der Waals surface area contributed by atoms with Gasteiger partial charge < -0.3 is 5.11 Å². The molecule has 0 amide bonds. The Morgan fingerprint density at radius 2 is 2.31 bits per heavy atom. The Balaban J connectivity index is 2.38. The summed E-state index contributed by atoms with van der Waals surface area (Å²) in [5, 5.41) is 16.6. The third-order valence-electron chi connectivity index (χ3n) is 1.71. The monoisotopic (exact) mass is 316 g/mol. The molecule has 7 heteroatoms. The molecule has 0 aliphatic rings. The maximum atomic E-state index is 11.0. The number of carboxylic acids is 1. The van der Waals surface area contributed by atoms with Crippen LogP contribution in [0, 0.1) is 0 Å². The molecule has 16 heavy (non-hydrogen) atoms. The first-order valence-corrected chi connectivity index (χ1v) is 6.62. The standard InChI is InChI=1S/C9H5BrN2O2S2/c10-5-1-2-6(8(13)14)7(3-5)16-9-12-11-4-15-9/h1-4H,(H,13,14). The molecule has 0 bridgehead atoms. The normalized spacial score (nSPS) is 10.3. The number of hydrogen-bond donors (Lipinski definition) is 1. The Labute approximate surface area is 108 Å². The predicted octanol–water partition coefficient (Wildman–Crippen LogP) is 3.15. The second-order valence-electron chi connectivity index (χ2n) is 2.75. The fourth-order valence-electron chi connectivity index (χ4n) is 1.06. The van der Waals surface area contributed by atoms with Crippen molar-refractivity contribution in [3.63, 3.8) is 0 Å². The van der Waals surface area contributed by atoms with Gasteiger partial charge in [-0.15, -0.1) is 10.2 Å². The van der Waals surface area contributed by atoms with E-state index in [4.69, 9.17) is 5.11 Å². The van der Waals surface area contributed by atoms with E-state index in [2.05, 4.69) is 26.1 Å². The first-order chi connectivity index (χ1) is 7.66. The zero-order chi connectivity index (χ0) is 11.5. The van der Waals surface area contributed by atoms with Crippen LogP contribution in [0.2, 0.25) is 0 Å². The van der Waals surface area contributed by atoms with Crippen LogP contribution >= 0.6 is 39.0 Å². The molecule has 2 aromatic rings. The molecule has 1 aromatic heterocycles. The highest BCUT2D eigenvalue weighted by Gasteiger charge is 2.12. The van der Waals surface area contributed by atoms with Crippen LogP contribution in [0.15, 0.2) is 37.4 Å². The molecule has 1 aromatic carbocycles. The zero-order valence-electron chi connectivity index (χ0n) is 7.75. The van der Waals surface area contributed by atoms with E-state index in [9.17, 15) is 4.79 Å². The van der Waals surface area contributed by atoms with Crippen molar-refractivity contribution < 1.29 is 9.90 Å². The molecule has 1 N–H and O–H groups in total. The number of halogens is 1. The second-order valence-corrected chi connectivity index (χ2v) is 5.79. The molecule has 2 rings (SSSR count). The number of carboxylic acid groups (broad SMARTS) is 1. The SMILES string of the molecule is O=C(O)c1ccc(Br)cc1Sc1nncs1. The van der Waals surface area contributed by atoms with Gasteiger partial charge in [-0.2, -0.15) is 0 Å². The van der Waals surface area contributed by atoms with E-state index in [1.165, 1.54) is 23.1 Å². The zero-order valence-corrected chi connectivity index (χ0v) is 11.0. The highest BCUT2D eigenvalue weighted by atomic mass is 79.9. The highest BCUT2D eigenvalue weighted by Crippen LogP contribution is 2.33. The lowest BCUT2D eigenvalue weighted by molar-refractivity contribution is 0.0693. The average Bonchev–Trinajstić information content (AvgIpc) is 2.70. The number of aromatic nitrogens is 2. The quantitative estimate of drug-likeness (QED) is 0.942. The molecule has 0 fully saturated rings. The van der Waals surface area contributed by atoms with Crippen molar-refractivity contribution in [3.8, 4) is 0 Å². The molecule has 0 aliphatic heterocycles. The maximum Gasteiger partial charge on any atom is 0.336 e. The van der Waals surface area contributed by atoms with Gasteiger partial charge in [-0.3, -0.25) is 0 Å². The van der Waals surface area contributed by atoms with Gasteiger partial charge in [-0.1, -0.05) is 39.0 Å². The predicted molar refractivity (Wildman–Crippen MR) is 65.1 cm³/mol. The van der Waals surface area contributed by atoms with Crippen LogP contribution in [0.25, 0.3) is 0 Å². The molecule has 0 aliphatic carbocycles. The van der Waals surface area contributed by atoms with E-state index in [0.29, 0.717) is 4.90 Å². The van der Waals surface area contributed by atoms with Crippen molar-refractivity contribution in [2.24, 2.45) is 0 Å². The van der Waals surface area contributed by atoms with Crippen LogP contribution in [0.3, 0.4) is 0 Å². The average molecular weight is 317 g/mol. The minimum atomic E-state index is -0.945. The van der Waals surface area contributed by atoms with Gasteiger partial charge in [0.1, 0.15) is 5.51 Å². The van der Waals surface area contributed by atoms with Crippen LogP contribution in [0.4, 0.5) is 0 Å². The molecular formula is C9H5BrN2O2S2. The van der Waals surface area contributed by atoms with Crippen LogP contribution in [0.1, 0.15) is 10.4 Å². The van der Waals surface area contributed by atoms with Gasteiger partial charge in [0.05, 0.1) is 5.56 Å². The van der Waals surface area contributed by atoms with Crippen LogP contribution in [0.5, 0.6) is 0 Å². The molecule has 0 saturated carbocycles. The van der Waals surface area contributed by atoms with Gasteiger partial charge in [0.25, 0.3) is 0 Å². The lowest BCUT2D eigenvalue weighted by atomic mass is 10.2. The minimum absolute atomic E-state index is 0.267. The van der Waals surface area contributed by atoms with Gasteiger partial charge >= 0.3 is 5.97 Å². The fraction of sp³-hybridized carbons (Fsp3) is 0. The molecule has 0 atom stereocenters. The number of carbonyl (C=O) groups is 1. The summed E-state index contributed by atoms with van der Waals surface area (Å²) >= 11 is 5.98. The Bertz CT molecular complexity index is 516. The summed E-state index contributed by atoms with van der Waals surface area (Å²) in [5.41, 5.74) is 1.88. The van der Waals surface area contributed by atoms with Crippen LogP contribution in [-0.4, -0.2) is 21.3 Å². The molecule has 1 heterocycles. The summed E-state index contributed by atoms with van der Waals surface area (Å²) in [5.74, 6) is -0.945. The first-order valence-electron chi connectivity index (χ1n) is 4.13. The number of hydrogen-bond acceptors (Lipinski definition) is 5. The van der Waals surface area contributed by atoms with Crippen molar-refractivity contribution in [1.29, 1.82) is 0 Å². The van der Waals surface area contributed by atoms with Crippen molar-refractivity contribution >= 4 is 45.0 Å². The Morgan fingerprint density at radius 1 is 1.50 bits per heavy atom. The van der Waals surface area contributed by atoms with Gasteiger partial charge in [0.15, 0.2) is 4.34 Å². The molecule has 82 valence electrons. The van der Waals surface area contributed by atoms with Crippen LogP contribution in [-0.2, 0) is 0 Å². The van der Waals surface area contributed by atoms with E-state index < -0.39 is 5.97 Å². The van der Waals surface area contributed by atoms with Gasteiger partial charge in [-0.25, -0.2) is 4.79 Å². The molecule has 4 nitrogen and oxygen atoms in total. The second kappa shape index (κ2) is 4.94. The molecular weight excluding hydrogens is 312 g/mol. The van der Waals surface area contributed by atoms with Gasteiger partial charge in [0, 0.05) is 9.37 Å². The van der Waals surface area contributed by atoms with Crippen molar-refractivity contribution in [2.45, 2.75) is 9.24 Å². The maximum absolute atomic E-state index is 11.0. The number of benzene rings is 1. The largest absolute Gasteiger partial charge is 0.478 e. The van der Waals surface area contributed by atoms with Crippen molar-refractivity contribution in [3.05, 3.63) is 33.7 Å². The summed E-state index contributed by atoms with van der Waals surface area (Å²) in [6, 6.07) is 5.03. The number of aromatic carboxylic acids is 1. The van der Waals surface area contributed by atoms with Gasteiger partial charge in [-0.05, 0) is 18.2 Å². The van der Waals surface area contributed by atoms with E-state index in [1.807, 2.05) is 0 Å². The summed E-state index contributed by atoms with van der Waals surface area (Å²) in [6.45, 7) is 0. The van der Waals surface area contributed by atoms with E-state index in [1.54, 1.807) is 23.7 Å². The fourth-order valence-corrected chi connectivity index (χ4v) is 3.17. The van der Waals surface area contributed by atoms with Crippen molar-refractivity contribution in [2.75, 3.05) is 0 Å². The number of nitrogens with zero attached hydrogens (tertiary/aromatic N) is 2. The summed E-state index contributed by atoms with van der Waals surface area (Å²) in [6.07, 6.45) is 0. The minimum Gasteiger partial charge on any atom is -0.478 e. The third-order valence-corrected chi connectivity index (χ3v) is 4.04. The molecule has 0 radical (unpaired) electrons. The highest BCUT2D eigenvalue weighted by molar-refractivity contribution is 9.10. The lowest BCUT2D eigenvalue weighted by Crippen LogP contribution is -1.98. The first kappa shape index (κ1) is 11.6. The van der Waals surface area contributed by atoms with Crippen LogP contribution < -0.4 is 0 Å². The van der Waals surface area contributed by atoms with E-state index in [0.717, 1.165) is 8.81 Å². The smallest absolute Gasteiger partial charge is 0.336 e. The topological polar surface area (TPSA) is 63.1 Å². The van der Waals surface area contributed by atoms with E-state index in [-0.39, 0.29) is 5.56 Å². The summed E-state index contributed by atoms with van der Waals surface area (Å²) < 4.78 is 1.56. The number of rotatable bonds is 3. The van der Waals surface area contributed by atoms with E-state index >= 15 is 0 Å². The Hall–Kier alpha value is -0.920. The molecule has 0 unspecified atom stereocenters. The molecule has 0 spiro atoms. The van der Waals surface area contributed by atoms with Gasteiger partial charge in [0.2, 0.25) is 0 Å².